The number of ether oxygens (including phenoxy) is 1. The predicted octanol–water partition coefficient (Wildman–Crippen LogP) is 1.31. The summed E-state index contributed by atoms with van der Waals surface area (Å²) in [5.41, 5.74) is -0.408. The van der Waals surface area contributed by atoms with Gasteiger partial charge in [-0.05, 0) is 53.3 Å². The van der Waals surface area contributed by atoms with Crippen molar-refractivity contribution < 1.29 is 14.5 Å². The van der Waals surface area contributed by atoms with Crippen LogP contribution < -0.4 is 10.2 Å². The van der Waals surface area contributed by atoms with Crippen LogP contribution in [0.25, 0.3) is 0 Å². The molecule has 0 radical (unpaired) electrons. The third kappa shape index (κ3) is 4.48. The zero-order valence-corrected chi connectivity index (χ0v) is 14.4. The molecule has 5 heteroatoms. The zero-order chi connectivity index (χ0) is 16.4. The monoisotopic (exact) mass is 305 g/mol. The lowest BCUT2D eigenvalue weighted by atomic mass is 9.82. The molecule has 0 bridgehead atoms. The van der Waals surface area contributed by atoms with Gasteiger partial charge in [0.05, 0.1) is 11.2 Å². The molecule has 1 N–H and O–H groups in total. The highest BCUT2D eigenvalue weighted by atomic mass is 16.5. The number of likely N-dealkylation sites (tertiary alicyclic amines) is 1. The molecule has 1 aliphatic heterocycles. The maximum Gasteiger partial charge on any atom is 0.309 e. The lowest BCUT2D eigenvalue weighted by molar-refractivity contribution is -0.0893. The lowest BCUT2D eigenvalue weighted by Crippen LogP contribution is -2.49. The van der Waals surface area contributed by atoms with Crippen molar-refractivity contribution >= 4 is 12.9 Å². The number of aliphatic hydroxyl groups is 1. The van der Waals surface area contributed by atoms with E-state index in [1.165, 1.54) is 0 Å². The van der Waals surface area contributed by atoms with Gasteiger partial charge in [-0.2, -0.15) is 0 Å². The summed E-state index contributed by atoms with van der Waals surface area (Å²) >= 11 is 0. The maximum atomic E-state index is 10.1. The van der Waals surface area contributed by atoms with Crippen molar-refractivity contribution in [3.05, 3.63) is 24.3 Å². The minimum absolute atomic E-state index is 0.293. The van der Waals surface area contributed by atoms with E-state index in [1.807, 2.05) is 38.1 Å². The molecule has 1 atom stereocenters. The molecule has 122 valence electrons. The third-order valence-electron chi connectivity index (χ3n) is 4.65. The van der Waals surface area contributed by atoms with Gasteiger partial charge >= 0.3 is 7.48 Å². The smallest absolute Gasteiger partial charge is 0.309 e. The topological polar surface area (TPSA) is 41.9 Å². The number of likely N-dealkylation sites (N-methyl/N-ethyl adjacent to an activating group) is 1. The highest BCUT2D eigenvalue weighted by Gasteiger charge is 2.35. The molecule has 0 aromatic heterocycles. The molecule has 0 aliphatic carbocycles. The highest BCUT2D eigenvalue weighted by molar-refractivity contribution is 6.47. The van der Waals surface area contributed by atoms with E-state index < -0.39 is 11.2 Å². The molecule has 1 aliphatic rings. The molecule has 1 aromatic carbocycles. The predicted molar refractivity (Wildman–Crippen MR) is 91.2 cm³/mol. The molecule has 0 amide bonds. The van der Waals surface area contributed by atoms with Gasteiger partial charge in [0.2, 0.25) is 0 Å². The van der Waals surface area contributed by atoms with Gasteiger partial charge in [0.15, 0.2) is 0 Å². The molecule has 0 spiro atoms. The molecule has 0 saturated carbocycles. The van der Waals surface area contributed by atoms with Crippen LogP contribution in [0.2, 0.25) is 0 Å². The Labute approximate surface area is 134 Å². The Balaban J connectivity index is 1.87. The Morgan fingerprint density at radius 3 is 2.32 bits per heavy atom. The summed E-state index contributed by atoms with van der Waals surface area (Å²) in [6.07, 6.45) is 1.38. The average molecular weight is 305 g/mol. The molecule has 1 fully saturated rings. The summed E-state index contributed by atoms with van der Waals surface area (Å²) in [4.78, 5) is 2.28. The van der Waals surface area contributed by atoms with Gasteiger partial charge < -0.3 is 19.4 Å². The first-order chi connectivity index (χ1) is 10.2. The van der Waals surface area contributed by atoms with Crippen LogP contribution in [0.15, 0.2) is 24.3 Å². The second-order valence-electron chi connectivity index (χ2n) is 7.29. The Hall–Kier alpha value is -1.04. The fourth-order valence-corrected chi connectivity index (χ4v) is 2.29. The van der Waals surface area contributed by atoms with Gasteiger partial charge in [-0.15, -0.1) is 0 Å². The van der Waals surface area contributed by atoms with Crippen LogP contribution in [-0.4, -0.2) is 54.9 Å². The van der Waals surface area contributed by atoms with E-state index in [9.17, 15) is 5.11 Å². The fraction of sp³-hybridized carbons (Fsp3) is 0.647. The summed E-state index contributed by atoms with van der Waals surface area (Å²) in [7, 11) is 2.59. The molecular weight excluding hydrogens is 277 g/mol. The zero-order valence-electron chi connectivity index (χ0n) is 14.4. The van der Waals surface area contributed by atoms with Crippen LogP contribution in [0.3, 0.4) is 0 Å². The summed E-state index contributed by atoms with van der Waals surface area (Å²) in [6.45, 7) is 9.43. The number of benzene rings is 1. The first kappa shape index (κ1) is 17.3. The van der Waals surface area contributed by atoms with Crippen LogP contribution in [-0.2, 0) is 4.65 Å². The largest absolute Gasteiger partial charge is 0.489 e. The van der Waals surface area contributed by atoms with Crippen molar-refractivity contribution in [2.45, 2.75) is 51.4 Å². The molecule has 1 heterocycles. The van der Waals surface area contributed by atoms with Crippen molar-refractivity contribution in [3.8, 4) is 5.75 Å². The van der Waals surface area contributed by atoms with E-state index in [1.54, 1.807) is 13.8 Å². The van der Waals surface area contributed by atoms with Crippen molar-refractivity contribution in [2.24, 2.45) is 0 Å². The van der Waals surface area contributed by atoms with Crippen LogP contribution >= 0.6 is 0 Å². The van der Waals surface area contributed by atoms with E-state index >= 15 is 0 Å². The van der Waals surface area contributed by atoms with Crippen LogP contribution in [0.1, 0.15) is 34.1 Å². The van der Waals surface area contributed by atoms with Gasteiger partial charge in [0.1, 0.15) is 11.9 Å². The van der Waals surface area contributed by atoms with Crippen molar-refractivity contribution in [2.75, 3.05) is 20.1 Å². The Bertz CT molecular complexity index is 482. The lowest BCUT2D eigenvalue weighted by Gasteiger charge is -2.37. The third-order valence-corrected chi connectivity index (χ3v) is 4.65. The second kappa shape index (κ2) is 6.61. The molecule has 4 nitrogen and oxygen atoms in total. The van der Waals surface area contributed by atoms with Gasteiger partial charge in [-0.25, -0.2) is 0 Å². The summed E-state index contributed by atoms with van der Waals surface area (Å²) < 4.78 is 11.8. The molecular formula is C17H28BNO3. The summed E-state index contributed by atoms with van der Waals surface area (Å²) in [5.74, 6) is 0.908. The van der Waals surface area contributed by atoms with Crippen LogP contribution in [0.5, 0.6) is 5.75 Å². The fourth-order valence-electron chi connectivity index (χ4n) is 2.29. The van der Waals surface area contributed by atoms with Crippen molar-refractivity contribution in [3.63, 3.8) is 0 Å². The minimum Gasteiger partial charge on any atom is -0.489 e. The van der Waals surface area contributed by atoms with Gasteiger partial charge in [-0.3, -0.25) is 0 Å². The van der Waals surface area contributed by atoms with E-state index in [-0.39, 0.29) is 0 Å². The first-order valence-corrected chi connectivity index (χ1v) is 7.98. The van der Waals surface area contributed by atoms with E-state index in [0.29, 0.717) is 13.6 Å². The Kier molecular flexibility index (Phi) is 5.20. The number of nitrogens with zero attached hydrogens (tertiary/aromatic N) is 1. The molecule has 0 unspecified atom stereocenters. The van der Waals surface area contributed by atoms with E-state index in [4.69, 9.17) is 9.39 Å². The summed E-state index contributed by atoms with van der Waals surface area (Å²) in [6, 6.07) is 8.03. The van der Waals surface area contributed by atoms with Crippen molar-refractivity contribution in [1.82, 2.24) is 4.90 Å². The SMILES string of the molecule is CN1CC[C@H](Oc2ccc(BOC(C)(C)C(C)(C)O)cc2)C1. The standard InChI is InChI=1S/C17H28BNO3/c1-16(2,20)17(3,4)22-18-13-6-8-14(9-7-13)21-15-10-11-19(5)12-15/h6-9,15,18,20H,10-12H2,1-5H3/t15-/m0/s1. The van der Waals surface area contributed by atoms with E-state index in [2.05, 4.69) is 11.9 Å². The Morgan fingerprint density at radius 1 is 1.18 bits per heavy atom. The molecule has 22 heavy (non-hydrogen) atoms. The quantitative estimate of drug-likeness (QED) is 0.805. The minimum atomic E-state index is -0.884. The first-order valence-electron chi connectivity index (χ1n) is 7.98. The van der Waals surface area contributed by atoms with Gasteiger partial charge in [-0.1, -0.05) is 17.6 Å². The van der Waals surface area contributed by atoms with Crippen LogP contribution in [0.4, 0.5) is 0 Å². The van der Waals surface area contributed by atoms with Crippen LogP contribution in [0, 0.1) is 0 Å². The van der Waals surface area contributed by atoms with Gasteiger partial charge in [0, 0.05) is 13.1 Å². The highest BCUT2D eigenvalue weighted by Crippen LogP contribution is 2.24. The second-order valence-corrected chi connectivity index (χ2v) is 7.29. The Morgan fingerprint density at radius 2 is 1.82 bits per heavy atom. The van der Waals surface area contributed by atoms with E-state index in [0.717, 1.165) is 30.7 Å². The average Bonchev–Trinajstić information content (AvgIpc) is 2.82. The number of hydrogen-bond donors (Lipinski definition) is 1. The maximum absolute atomic E-state index is 10.1. The number of rotatable bonds is 6. The number of hydrogen-bond acceptors (Lipinski definition) is 4. The molecule has 1 aromatic rings. The molecule has 1 saturated heterocycles. The summed E-state index contributed by atoms with van der Waals surface area (Å²) in [5, 5.41) is 10.1. The molecule has 2 rings (SSSR count). The van der Waals surface area contributed by atoms with Crippen molar-refractivity contribution in [1.29, 1.82) is 0 Å². The van der Waals surface area contributed by atoms with Gasteiger partial charge in [0.25, 0.3) is 0 Å². The normalized spacial score (nSPS) is 20.2.